The Balaban J connectivity index is 2.74. The maximum Gasteiger partial charge on any atom is 0.328 e. The van der Waals surface area contributed by atoms with Gasteiger partial charge in [0.25, 0.3) is 5.91 Å². The molecule has 0 heterocycles. The molecule has 5 unspecified atom stereocenters. The third-order valence-electron chi connectivity index (χ3n) is 7.55. The minimum absolute atomic E-state index is 0.0317. The summed E-state index contributed by atoms with van der Waals surface area (Å²) in [6.45, 7) is 1.75. The number of phenols is 1. The fraction of sp³-hybridized carbons (Fsp3) is 0.645. The normalized spacial score (nSPS) is 15.8. The van der Waals surface area contributed by atoms with E-state index in [1.54, 1.807) is 12.1 Å². The van der Waals surface area contributed by atoms with Gasteiger partial charge in [-0.25, -0.2) is 4.79 Å². The number of ether oxygens (including phenoxy) is 1. The lowest BCUT2D eigenvalue weighted by molar-refractivity contribution is -0.153. The number of amides is 2. The third-order valence-corrected chi connectivity index (χ3v) is 7.55. The molecular weight excluding hydrogens is 604 g/mol. The number of ketones is 2. The highest BCUT2D eigenvalue weighted by atomic mass is 16.5. The average Bonchev–Trinajstić information content (AvgIpc) is 3.04. The van der Waals surface area contributed by atoms with Crippen molar-refractivity contribution in [3.8, 4) is 5.75 Å². The number of methoxy groups -OCH3 is 1. The standard InChI is InChI=1S/C31H50N4O11/c1-18(36)25(39)26(40)27(41)28(42)30(44)34-15-7-4-8-22(32)24(38)17-20(16-19-10-12-21(37)13-11-19)29(43)35-23(31(45)46-3)9-5-6-14-33-2/h10-13,20,22-23,25-28,33,37,39-42H,4-9,14-17,32H2,1-3H3,(H,34,44)(H,35,43)/t20-,22+,23?,25?,26?,27?,28?/m1/s1. The van der Waals surface area contributed by atoms with Crippen molar-refractivity contribution in [1.29, 1.82) is 0 Å². The third kappa shape index (κ3) is 14.3. The Kier molecular flexibility index (Phi) is 18.8. The predicted octanol–water partition coefficient (Wildman–Crippen LogP) is -1.80. The lowest BCUT2D eigenvalue weighted by Crippen LogP contribution is -2.52. The van der Waals surface area contributed by atoms with E-state index in [1.165, 1.54) is 19.2 Å². The molecule has 10 N–H and O–H groups in total. The lowest BCUT2D eigenvalue weighted by Gasteiger charge is -2.24. The van der Waals surface area contributed by atoms with E-state index in [-0.39, 0.29) is 37.3 Å². The number of hydrogen-bond donors (Lipinski definition) is 9. The van der Waals surface area contributed by atoms with Gasteiger partial charge >= 0.3 is 5.97 Å². The summed E-state index contributed by atoms with van der Waals surface area (Å²) < 4.78 is 4.86. The van der Waals surface area contributed by atoms with Gasteiger partial charge in [-0.15, -0.1) is 0 Å². The number of unbranched alkanes of at least 4 members (excludes halogenated alkanes) is 2. The summed E-state index contributed by atoms with van der Waals surface area (Å²) >= 11 is 0. The van der Waals surface area contributed by atoms with Crippen LogP contribution in [0.5, 0.6) is 5.75 Å². The second-order valence-electron chi connectivity index (χ2n) is 11.3. The highest BCUT2D eigenvalue weighted by Crippen LogP contribution is 2.19. The Labute approximate surface area is 268 Å². The molecule has 15 nitrogen and oxygen atoms in total. The molecule has 0 radical (unpaired) electrons. The van der Waals surface area contributed by atoms with Gasteiger partial charge in [-0.1, -0.05) is 12.1 Å². The number of Topliss-reactive ketones (excluding diaryl/α,β-unsaturated/α-hetero) is 2. The van der Waals surface area contributed by atoms with Crippen LogP contribution in [0.15, 0.2) is 24.3 Å². The summed E-state index contributed by atoms with van der Waals surface area (Å²) in [6.07, 6.45) is -5.57. The van der Waals surface area contributed by atoms with E-state index in [2.05, 4.69) is 16.0 Å². The number of aromatic hydroxyl groups is 1. The summed E-state index contributed by atoms with van der Waals surface area (Å²) in [6, 6.07) is 4.37. The first-order valence-corrected chi connectivity index (χ1v) is 15.3. The Morgan fingerprint density at radius 3 is 2.02 bits per heavy atom. The lowest BCUT2D eigenvalue weighted by atomic mass is 9.90. The van der Waals surface area contributed by atoms with Crippen molar-refractivity contribution < 1.29 is 54.2 Å². The van der Waals surface area contributed by atoms with E-state index < -0.39 is 66.0 Å². The molecule has 7 atom stereocenters. The molecule has 260 valence electrons. The van der Waals surface area contributed by atoms with Crippen LogP contribution in [0.3, 0.4) is 0 Å². The Morgan fingerprint density at radius 2 is 1.43 bits per heavy atom. The van der Waals surface area contributed by atoms with Crippen molar-refractivity contribution in [2.45, 2.75) is 94.8 Å². The molecule has 2 amide bonds. The Hall–Kier alpha value is -3.47. The fourth-order valence-electron chi connectivity index (χ4n) is 4.63. The van der Waals surface area contributed by atoms with Crippen molar-refractivity contribution >= 4 is 29.4 Å². The number of rotatable bonds is 23. The van der Waals surface area contributed by atoms with Crippen molar-refractivity contribution in [1.82, 2.24) is 16.0 Å². The van der Waals surface area contributed by atoms with Crippen LogP contribution in [0.25, 0.3) is 0 Å². The molecule has 0 aliphatic rings. The summed E-state index contributed by atoms with van der Waals surface area (Å²) in [5, 5.41) is 56.8. The van der Waals surface area contributed by atoms with Crippen molar-refractivity contribution in [3.05, 3.63) is 29.8 Å². The van der Waals surface area contributed by atoms with Crippen molar-refractivity contribution in [2.75, 3.05) is 27.2 Å². The van der Waals surface area contributed by atoms with Gasteiger partial charge in [0.05, 0.1) is 13.2 Å². The molecule has 0 saturated heterocycles. The SMILES string of the molecule is CNCCCCC(NC(=O)[C@@H](CC(=O)[C@@H](N)CCCCNC(=O)C(O)C(O)C(O)C(O)C(C)=O)Cc1ccc(O)cc1)C(=O)OC. The van der Waals surface area contributed by atoms with Crippen molar-refractivity contribution in [3.63, 3.8) is 0 Å². The first kappa shape index (κ1) is 40.6. The number of benzene rings is 1. The number of phenolic OH excluding ortho intramolecular Hbond substituents is 1. The topological polar surface area (TPSA) is 258 Å². The van der Waals surface area contributed by atoms with E-state index >= 15 is 0 Å². The van der Waals surface area contributed by atoms with Gasteiger partial charge in [-0.05, 0) is 83.2 Å². The fourth-order valence-corrected chi connectivity index (χ4v) is 4.63. The minimum atomic E-state index is -2.10. The van der Waals surface area contributed by atoms with Crippen molar-refractivity contribution in [2.24, 2.45) is 11.7 Å². The zero-order valence-corrected chi connectivity index (χ0v) is 26.7. The number of nitrogens with one attached hydrogen (secondary N) is 3. The predicted molar refractivity (Wildman–Crippen MR) is 166 cm³/mol. The molecule has 1 aromatic carbocycles. The van der Waals surface area contributed by atoms with Crippen LogP contribution in [-0.2, 0) is 35.1 Å². The summed E-state index contributed by atoms with van der Waals surface area (Å²) in [5.41, 5.74) is 6.82. The van der Waals surface area contributed by atoms with Gasteiger partial charge in [-0.2, -0.15) is 0 Å². The van der Waals surface area contributed by atoms with Gasteiger partial charge in [0.15, 0.2) is 11.9 Å². The molecule has 0 spiro atoms. The van der Waals surface area contributed by atoms with Crippen LogP contribution in [0.4, 0.5) is 0 Å². The van der Waals surface area contributed by atoms with Crippen LogP contribution in [-0.4, -0.2) is 119 Å². The zero-order valence-electron chi connectivity index (χ0n) is 26.7. The summed E-state index contributed by atoms with van der Waals surface area (Å²) in [4.78, 5) is 62.1. The molecular formula is C31H50N4O11. The molecule has 0 aliphatic heterocycles. The molecule has 1 aromatic rings. The van der Waals surface area contributed by atoms with Gasteiger partial charge in [0, 0.05) is 18.9 Å². The quantitative estimate of drug-likeness (QED) is 0.0467. The minimum Gasteiger partial charge on any atom is -0.508 e. The molecule has 0 saturated carbocycles. The number of nitrogens with two attached hydrogens (primary N) is 1. The largest absolute Gasteiger partial charge is 0.508 e. The number of hydrogen-bond acceptors (Lipinski definition) is 13. The van der Waals surface area contributed by atoms with Crippen LogP contribution >= 0.6 is 0 Å². The Bertz CT molecular complexity index is 1120. The number of carbonyl (C=O) groups excluding carboxylic acids is 5. The number of carbonyl (C=O) groups is 5. The van der Waals surface area contributed by atoms with Crippen LogP contribution in [0.1, 0.15) is 57.4 Å². The van der Waals surface area contributed by atoms with Gasteiger partial charge in [0.1, 0.15) is 35.9 Å². The van der Waals surface area contributed by atoms with E-state index in [0.717, 1.165) is 19.9 Å². The molecule has 0 fully saturated rings. The molecule has 1 rings (SSSR count). The van der Waals surface area contributed by atoms with Crippen LogP contribution in [0, 0.1) is 5.92 Å². The number of aliphatic hydroxyl groups excluding tert-OH is 4. The van der Waals surface area contributed by atoms with Crippen LogP contribution in [0.2, 0.25) is 0 Å². The maximum atomic E-state index is 13.4. The van der Waals surface area contributed by atoms with E-state index in [9.17, 15) is 49.5 Å². The average molecular weight is 655 g/mol. The summed E-state index contributed by atoms with van der Waals surface area (Å²) in [5.74, 6) is -4.19. The van der Waals surface area contributed by atoms with Crippen LogP contribution < -0.4 is 21.7 Å². The maximum absolute atomic E-state index is 13.4. The molecule has 46 heavy (non-hydrogen) atoms. The highest BCUT2D eigenvalue weighted by Gasteiger charge is 2.36. The molecule has 0 aliphatic carbocycles. The molecule has 15 heteroatoms. The number of esters is 1. The van der Waals surface area contributed by atoms with Gasteiger partial charge < -0.3 is 52.0 Å². The van der Waals surface area contributed by atoms with Gasteiger partial charge in [0.2, 0.25) is 5.91 Å². The molecule has 0 aromatic heterocycles. The monoisotopic (exact) mass is 654 g/mol. The smallest absolute Gasteiger partial charge is 0.328 e. The Morgan fingerprint density at radius 1 is 0.848 bits per heavy atom. The second-order valence-corrected chi connectivity index (χ2v) is 11.3. The highest BCUT2D eigenvalue weighted by molar-refractivity contribution is 5.91. The summed E-state index contributed by atoms with van der Waals surface area (Å²) in [7, 11) is 3.04. The second kappa shape index (κ2) is 21.3. The first-order valence-electron chi connectivity index (χ1n) is 15.3. The van der Waals surface area contributed by atoms with E-state index in [4.69, 9.17) is 10.5 Å². The first-order chi connectivity index (χ1) is 21.7. The van der Waals surface area contributed by atoms with Gasteiger partial charge in [-0.3, -0.25) is 19.2 Å². The van der Waals surface area contributed by atoms with E-state index in [0.29, 0.717) is 31.2 Å². The zero-order chi connectivity index (χ0) is 34.8. The van der Waals surface area contributed by atoms with E-state index in [1.807, 2.05) is 7.05 Å². The number of aliphatic hydroxyl groups is 4. The molecule has 0 bridgehead atoms.